The molecule has 0 heterocycles. The Kier molecular flexibility index (Phi) is 7.04. The van der Waals surface area contributed by atoms with E-state index >= 15 is 0 Å². The van der Waals surface area contributed by atoms with E-state index in [9.17, 15) is 21.6 Å². The zero-order valence-electron chi connectivity index (χ0n) is 16.7. The number of anilines is 1. The van der Waals surface area contributed by atoms with Crippen LogP contribution in [-0.4, -0.2) is 53.9 Å². The molecule has 0 saturated heterocycles. The first-order valence-corrected chi connectivity index (χ1v) is 12.1. The highest BCUT2D eigenvalue weighted by atomic mass is 32.2. The Morgan fingerprint density at radius 3 is 2.00 bits per heavy atom. The lowest BCUT2D eigenvalue weighted by Gasteiger charge is -2.23. The fourth-order valence-electron chi connectivity index (χ4n) is 2.64. The lowest BCUT2D eigenvalue weighted by atomic mass is 10.1. The van der Waals surface area contributed by atoms with Crippen molar-refractivity contribution < 1.29 is 21.6 Å². The molecule has 0 bridgehead atoms. The zero-order valence-corrected chi connectivity index (χ0v) is 18.4. The molecule has 158 valence electrons. The van der Waals surface area contributed by atoms with Crippen LogP contribution in [0, 0.1) is 0 Å². The minimum absolute atomic E-state index is 0.0295. The predicted molar refractivity (Wildman–Crippen MR) is 113 cm³/mol. The molecule has 2 rings (SSSR count). The fourth-order valence-corrected chi connectivity index (χ4v) is 4.40. The van der Waals surface area contributed by atoms with E-state index in [1.807, 2.05) is 30.3 Å². The molecule has 0 saturated carbocycles. The van der Waals surface area contributed by atoms with Crippen molar-refractivity contribution in [2.75, 3.05) is 31.2 Å². The van der Waals surface area contributed by atoms with Gasteiger partial charge in [-0.1, -0.05) is 30.3 Å². The molecule has 0 spiro atoms. The van der Waals surface area contributed by atoms with Crippen molar-refractivity contribution >= 4 is 31.6 Å². The topological polar surface area (TPSA) is 104 Å². The standard InChI is InChI=1S/C19H25N3O5S2/c1-15(16-8-6-5-7-9-16)20-19(23)14-22(28(4,24)25)17-10-12-18(13-11-17)29(26,27)21(2)3/h5-13,15H,14H2,1-4H3,(H,20,23)/t15-/m1/s1. The van der Waals surface area contributed by atoms with E-state index in [1.54, 1.807) is 6.92 Å². The molecule has 0 fully saturated rings. The van der Waals surface area contributed by atoms with E-state index in [2.05, 4.69) is 5.32 Å². The molecule has 0 aromatic heterocycles. The second-order valence-electron chi connectivity index (χ2n) is 6.75. The quantitative estimate of drug-likeness (QED) is 0.673. The number of nitrogens with zero attached hydrogens (tertiary/aromatic N) is 2. The Morgan fingerprint density at radius 2 is 1.52 bits per heavy atom. The van der Waals surface area contributed by atoms with Crippen LogP contribution in [0.1, 0.15) is 18.5 Å². The highest BCUT2D eigenvalue weighted by Crippen LogP contribution is 2.22. The summed E-state index contributed by atoms with van der Waals surface area (Å²) in [5.41, 5.74) is 1.10. The van der Waals surface area contributed by atoms with Crippen LogP contribution in [0.5, 0.6) is 0 Å². The van der Waals surface area contributed by atoms with Crippen LogP contribution < -0.4 is 9.62 Å². The third kappa shape index (κ3) is 5.78. The summed E-state index contributed by atoms with van der Waals surface area (Å²) in [6.45, 7) is 1.38. The van der Waals surface area contributed by atoms with E-state index in [0.29, 0.717) is 0 Å². The van der Waals surface area contributed by atoms with E-state index in [1.165, 1.54) is 38.4 Å². The smallest absolute Gasteiger partial charge is 0.242 e. The molecule has 2 aromatic rings. The van der Waals surface area contributed by atoms with Crippen molar-refractivity contribution in [3.8, 4) is 0 Å². The number of hydrogen-bond donors (Lipinski definition) is 1. The number of sulfonamides is 2. The molecule has 1 atom stereocenters. The molecule has 8 nitrogen and oxygen atoms in total. The maximum Gasteiger partial charge on any atom is 0.242 e. The first-order valence-electron chi connectivity index (χ1n) is 8.77. The molecule has 10 heteroatoms. The van der Waals surface area contributed by atoms with Crippen molar-refractivity contribution in [1.82, 2.24) is 9.62 Å². The van der Waals surface area contributed by atoms with Crippen molar-refractivity contribution in [1.29, 1.82) is 0 Å². The number of amides is 1. The van der Waals surface area contributed by atoms with Gasteiger partial charge < -0.3 is 5.32 Å². The van der Waals surface area contributed by atoms with Crippen LogP contribution in [0.25, 0.3) is 0 Å². The Bertz CT molecular complexity index is 1050. The second kappa shape index (κ2) is 8.93. The average Bonchev–Trinajstić information content (AvgIpc) is 2.66. The second-order valence-corrected chi connectivity index (χ2v) is 10.8. The first kappa shape index (κ1) is 22.9. The summed E-state index contributed by atoms with van der Waals surface area (Å²) >= 11 is 0. The Morgan fingerprint density at radius 1 is 0.966 bits per heavy atom. The van der Waals surface area contributed by atoms with Crippen molar-refractivity contribution in [2.24, 2.45) is 0 Å². The molecular weight excluding hydrogens is 414 g/mol. The summed E-state index contributed by atoms with van der Waals surface area (Å²) in [4.78, 5) is 12.5. The van der Waals surface area contributed by atoms with Gasteiger partial charge in [0, 0.05) is 14.1 Å². The Labute approximate surface area is 172 Å². The number of benzene rings is 2. The summed E-state index contributed by atoms with van der Waals surface area (Å²) in [6.07, 6.45) is 0.991. The lowest BCUT2D eigenvalue weighted by molar-refractivity contribution is -0.120. The molecule has 2 aromatic carbocycles. The molecular formula is C19H25N3O5S2. The lowest BCUT2D eigenvalue weighted by Crippen LogP contribution is -2.41. The highest BCUT2D eigenvalue weighted by molar-refractivity contribution is 7.92. The van der Waals surface area contributed by atoms with Crippen LogP contribution >= 0.6 is 0 Å². The van der Waals surface area contributed by atoms with Crippen LogP contribution in [0.15, 0.2) is 59.5 Å². The van der Waals surface area contributed by atoms with Crippen LogP contribution in [-0.2, 0) is 24.8 Å². The molecule has 1 N–H and O–H groups in total. The molecule has 1 amide bonds. The Balaban J connectivity index is 2.21. The molecule has 0 aliphatic carbocycles. The summed E-state index contributed by atoms with van der Waals surface area (Å²) < 4.78 is 50.8. The number of carbonyl (C=O) groups excluding carboxylic acids is 1. The molecule has 29 heavy (non-hydrogen) atoms. The van der Waals surface area contributed by atoms with Gasteiger partial charge in [-0.05, 0) is 36.8 Å². The summed E-state index contributed by atoms with van der Waals surface area (Å²) in [5.74, 6) is -0.475. The summed E-state index contributed by atoms with van der Waals surface area (Å²) in [7, 11) is -4.59. The average molecular weight is 440 g/mol. The maximum absolute atomic E-state index is 12.5. The largest absolute Gasteiger partial charge is 0.348 e. The monoisotopic (exact) mass is 439 g/mol. The van der Waals surface area contributed by atoms with Crippen LogP contribution in [0.4, 0.5) is 5.69 Å². The molecule has 0 aliphatic rings. The molecule has 0 unspecified atom stereocenters. The van der Waals surface area contributed by atoms with E-state index in [4.69, 9.17) is 0 Å². The highest BCUT2D eigenvalue weighted by Gasteiger charge is 2.23. The zero-order chi connectivity index (χ0) is 21.8. The molecule has 0 radical (unpaired) electrons. The number of hydrogen-bond acceptors (Lipinski definition) is 5. The SMILES string of the molecule is C[C@@H](NC(=O)CN(c1ccc(S(=O)(=O)N(C)C)cc1)S(C)(=O)=O)c1ccccc1. The maximum atomic E-state index is 12.5. The van der Waals surface area contributed by atoms with E-state index in [0.717, 1.165) is 20.4 Å². The normalized spacial score (nSPS) is 13.1. The van der Waals surface area contributed by atoms with Gasteiger partial charge in [0.05, 0.1) is 22.9 Å². The van der Waals surface area contributed by atoms with E-state index in [-0.39, 0.29) is 16.6 Å². The number of carbonyl (C=O) groups is 1. The van der Waals surface area contributed by atoms with Crippen molar-refractivity contribution in [3.05, 3.63) is 60.2 Å². The van der Waals surface area contributed by atoms with Gasteiger partial charge in [0.25, 0.3) is 0 Å². The summed E-state index contributed by atoms with van der Waals surface area (Å²) in [5, 5.41) is 2.77. The fraction of sp³-hybridized carbons (Fsp3) is 0.316. The Hall–Kier alpha value is -2.43. The third-order valence-corrected chi connectivity index (χ3v) is 7.24. The van der Waals surface area contributed by atoms with Gasteiger partial charge in [-0.3, -0.25) is 9.10 Å². The van der Waals surface area contributed by atoms with Gasteiger partial charge in [0.2, 0.25) is 26.0 Å². The van der Waals surface area contributed by atoms with Crippen LogP contribution in [0.3, 0.4) is 0 Å². The van der Waals surface area contributed by atoms with E-state index < -0.39 is 32.5 Å². The minimum Gasteiger partial charge on any atom is -0.348 e. The van der Waals surface area contributed by atoms with Gasteiger partial charge in [0.15, 0.2) is 0 Å². The first-order chi connectivity index (χ1) is 13.4. The van der Waals surface area contributed by atoms with Crippen LogP contribution in [0.2, 0.25) is 0 Å². The summed E-state index contributed by atoms with van der Waals surface area (Å²) in [6, 6.07) is 14.4. The number of nitrogens with one attached hydrogen (secondary N) is 1. The van der Waals surface area contributed by atoms with Gasteiger partial charge in [-0.15, -0.1) is 0 Å². The number of rotatable bonds is 8. The van der Waals surface area contributed by atoms with Gasteiger partial charge in [-0.25, -0.2) is 21.1 Å². The third-order valence-electron chi connectivity index (χ3n) is 4.27. The van der Waals surface area contributed by atoms with Gasteiger partial charge in [-0.2, -0.15) is 0 Å². The molecule has 0 aliphatic heterocycles. The minimum atomic E-state index is -3.77. The van der Waals surface area contributed by atoms with Gasteiger partial charge in [0.1, 0.15) is 6.54 Å². The van der Waals surface area contributed by atoms with Gasteiger partial charge >= 0.3 is 0 Å². The van der Waals surface area contributed by atoms with Crippen molar-refractivity contribution in [2.45, 2.75) is 17.9 Å². The van der Waals surface area contributed by atoms with Crippen molar-refractivity contribution in [3.63, 3.8) is 0 Å². The predicted octanol–water partition coefficient (Wildman–Crippen LogP) is 1.58.